The van der Waals surface area contributed by atoms with Crippen molar-refractivity contribution in [1.82, 2.24) is 20.4 Å². The minimum Gasteiger partial charge on any atom is -0.391 e. The van der Waals surface area contributed by atoms with Gasteiger partial charge in [0.05, 0.1) is 11.8 Å². The number of aliphatic imine (C=N–C) groups is 1. The molecule has 2 aliphatic rings. The minimum absolute atomic E-state index is 0.230. The number of likely N-dealkylation sites (N-methyl/N-ethyl adjacent to an activating group) is 1. The van der Waals surface area contributed by atoms with Crippen molar-refractivity contribution < 1.29 is 23.5 Å². The highest BCUT2D eigenvalue weighted by molar-refractivity contribution is 6.13. The van der Waals surface area contributed by atoms with Gasteiger partial charge in [0.2, 0.25) is 5.91 Å². The van der Waals surface area contributed by atoms with E-state index in [-0.39, 0.29) is 12.5 Å². The minimum atomic E-state index is -0.972. The average Bonchev–Trinajstić information content (AvgIpc) is 2.81. The molecule has 3 N–H and O–H groups in total. The summed E-state index contributed by atoms with van der Waals surface area (Å²) in [6.07, 6.45) is 1.31. The zero-order valence-electron chi connectivity index (χ0n) is 21.7. The van der Waals surface area contributed by atoms with E-state index in [0.29, 0.717) is 61.4 Å². The summed E-state index contributed by atoms with van der Waals surface area (Å²) in [5.74, 6) is -2.15. The molecule has 0 bridgehead atoms. The largest absolute Gasteiger partial charge is 0.391 e. The second-order valence-corrected chi connectivity index (χ2v) is 10.6. The van der Waals surface area contributed by atoms with E-state index in [1.165, 1.54) is 6.07 Å². The molecule has 198 valence electrons. The third-order valence-electron chi connectivity index (χ3n) is 6.60. The number of piperidine rings is 1. The maximum atomic E-state index is 13.9. The van der Waals surface area contributed by atoms with Crippen LogP contribution in [-0.2, 0) is 4.79 Å². The number of amides is 3. The van der Waals surface area contributed by atoms with Crippen LogP contribution in [0.25, 0.3) is 0 Å². The number of halogens is 2. The summed E-state index contributed by atoms with van der Waals surface area (Å²) in [4.78, 5) is 34.4. The van der Waals surface area contributed by atoms with Crippen LogP contribution in [0, 0.1) is 17.0 Å². The van der Waals surface area contributed by atoms with Gasteiger partial charge >= 0.3 is 6.03 Å². The van der Waals surface area contributed by atoms with E-state index < -0.39 is 35.2 Å². The highest BCUT2D eigenvalue weighted by Gasteiger charge is 2.37. The van der Waals surface area contributed by atoms with Gasteiger partial charge in [-0.2, -0.15) is 0 Å². The second kappa shape index (κ2) is 11.5. The Balaban J connectivity index is 1.85. The molecule has 3 rings (SSSR count). The highest BCUT2D eigenvalue weighted by Crippen LogP contribution is 2.24. The van der Waals surface area contributed by atoms with Crippen molar-refractivity contribution >= 4 is 17.6 Å². The number of rotatable bonds is 5. The Morgan fingerprint density at radius 1 is 1.19 bits per heavy atom. The lowest BCUT2D eigenvalue weighted by molar-refractivity contribution is -0.138. The molecule has 2 atom stereocenters. The highest BCUT2D eigenvalue weighted by atomic mass is 19.2. The quantitative estimate of drug-likeness (QED) is 0.536. The summed E-state index contributed by atoms with van der Waals surface area (Å²) >= 11 is 0. The Morgan fingerprint density at radius 2 is 1.92 bits per heavy atom. The molecular formula is C26H37F2N5O3. The van der Waals surface area contributed by atoms with E-state index in [1.54, 1.807) is 11.9 Å². The van der Waals surface area contributed by atoms with Crippen LogP contribution in [0.2, 0.25) is 0 Å². The summed E-state index contributed by atoms with van der Waals surface area (Å²) in [6, 6.07) is 2.28. The van der Waals surface area contributed by atoms with E-state index in [2.05, 4.69) is 15.6 Å². The second-order valence-electron chi connectivity index (χ2n) is 10.6. The Bertz CT molecular complexity index is 1050. The fourth-order valence-electron chi connectivity index (χ4n) is 4.63. The number of carbonyl (C=O) groups is 2. The fourth-order valence-corrected chi connectivity index (χ4v) is 4.63. The molecule has 1 saturated heterocycles. The summed E-state index contributed by atoms with van der Waals surface area (Å²) in [6.45, 7) is 7.55. The van der Waals surface area contributed by atoms with E-state index >= 15 is 0 Å². The molecule has 3 amide bonds. The predicted octanol–water partition coefficient (Wildman–Crippen LogP) is 2.67. The first-order valence-electron chi connectivity index (χ1n) is 12.3. The number of likely N-dealkylation sites (tertiary alicyclic amines) is 1. The van der Waals surface area contributed by atoms with E-state index in [0.717, 1.165) is 12.1 Å². The average molecular weight is 506 g/mol. The Hall–Kier alpha value is -2.85. The van der Waals surface area contributed by atoms with Crippen LogP contribution in [0.1, 0.15) is 45.6 Å². The maximum Gasteiger partial charge on any atom is 0.319 e. The molecule has 8 nitrogen and oxygen atoms in total. The molecular weight excluding hydrogens is 468 g/mol. The number of benzene rings is 1. The van der Waals surface area contributed by atoms with Gasteiger partial charge in [0, 0.05) is 56.5 Å². The zero-order chi connectivity index (χ0) is 26.6. The van der Waals surface area contributed by atoms with Crippen LogP contribution >= 0.6 is 0 Å². The number of aliphatic hydroxyl groups is 1. The van der Waals surface area contributed by atoms with Gasteiger partial charge in [0.15, 0.2) is 11.6 Å². The lowest BCUT2D eigenvalue weighted by Gasteiger charge is -2.38. The van der Waals surface area contributed by atoms with Gasteiger partial charge in [0.1, 0.15) is 6.04 Å². The zero-order valence-corrected chi connectivity index (χ0v) is 21.7. The number of β-amino-alcohol motifs (C(OH)–C–C–N with tert-alkyl or cyclic N) is 1. The molecule has 1 aromatic rings. The SMILES string of the molecule is CN=C(C1=C(NC(=O)N[C@H](C(=O)N2CCC[C@@H](O)C2)C(C)(C)C)CCN(C)C1)c1ccc(F)c(F)c1. The van der Waals surface area contributed by atoms with Gasteiger partial charge in [0.25, 0.3) is 0 Å². The number of carbonyl (C=O) groups excluding carboxylic acids is 2. The first kappa shape index (κ1) is 27.7. The summed E-state index contributed by atoms with van der Waals surface area (Å²) in [7, 11) is 3.49. The smallest absolute Gasteiger partial charge is 0.319 e. The molecule has 1 aromatic carbocycles. The fraction of sp³-hybridized carbons (Fsp3) is 0.577. The summed E-state index contributed by atoms with van der Waals surface area (Å²) < 4.78 is 27.5. The van der Waals surface area contributed by atoms with Crippen molar-refractivity contribution in [3.8, 4) is 0 Å². The first-order chi connectivity index (χ1) is 16.9. The van der Waals surface area contributed by atoms with Crippen LogP contribution < -0.4 is 10.6 Å². The molecule has 0 spiro atoms. The van der Waals surface area contributed by atoms with Gasteiger partial charge in [-0.1, -0.05) is 20.8 Å². The molecule has 0 aromatic heterocycles. The van der Waals surface area contributed by atoms with Crippen molar-refractivity contribution in [3.05, 3.63) is 46.7 Å². The van der Waals surface area contributed by atoms with Crippen LogP contribution in [0.3, 0.4) is 0 Å². The number of hydrogen-bond donors (Lipinski definition) is 3. The predicted molar refractivity (Wildman–Crippen MR) is 135 cm³/mol. The topological polar surface area (TPSA) is 97.3 Å². The van der Waals surface area contributed by atoms with E-state index in [4.69, 9.17) is 0 Å². The number of urea groups is 1. The molecule has 0 radical (unpaired) electrons. The monoisotopic (exact) mass is 505 g/mol. The molecule has 2 heterocycles. The molecule has 1 fully saturated rings. The molecule has 0 aliphatic carbocycles. The van der Waals surface area contributed by atoms with Gasteiger partial charge in [-0.3, -0.25) is 9.79 Å². The summed E-state index contributed by atoms with van der Waals surface area (Å²) in [5.41, 5.74) is 1.62. The van der Waals surface area contributed by atoms with Crippen LogP contribution in [0.5, 0.6) is 0 Å². The van der Waals surface area contributed by atoms with Crippen LogP contribution in [0.15, 0.2) is 34.5 Å². The van der Waals surface area contributed by atoms with E-state index in [9.17, 15) is 23.5 Å². The number of hydrogen-bond acceptors (Lipinski definition) is 5. The van der Waals surface area contributed by atoms with Gasteiger partial charge in [-0.05, 0) is 43.5 Å². The lowest BCUT2D eigenvalue weighted by atomic mass is 9.85. The standard InChI is InChI=1S/C26H37F2N5O3/c1-26(2,3)23(24(35)33-11-6-7-17(34)14-33)31-25(36)30-21-10-12-32(5)15-18(21)22(29-4)16-8-9-19(27)20(28)13-16/h8-9,13,17,23,34H,6-7,10-12,14-15H2,1-5H3,(H2,30,31,36)/t17-,23-/m1/s1. The van der Waals surface area contributed by atoms with Crippen molar-refractivity contribution in [2.45, 2.75) is 52.2 Å². The molecule has 10 heteroatoms. The summed E-state index contributed by atoms with van der Waals surface area (Å²) in [5, 5.41) is 15.7. The van der Waals surface area contributed by atoms with Gasteiger partial charge in [-0.25, -0.2) is 13.6 Å². The third-order valence-corrected chi connectivity index (χ3v) is 6.60. The Morgan fingerprint density at radius 3 is 2.53 bits per heavy atom. The molecule has 2 aliphatic heterocycles. The van der Waals surface area contributed by atoms with Gasteiger partial charge < -0.3 is 25.5 Å². The first-order valence-corrected chi connectivity index (χ1v) is 12.3. The number of nitrogens with zero attached hydrogens (tertiary/aromatic N) is 3. The maximum absolute atomic E-state index is 13.9. The van der Waals surface area contributed by atoms with Crippen LogP contribution in [-0.4, -0.2) is 85.0 Å². The number of aliphatic hydroxyl groups excluding tert-OH is 1. The van der Waals surface area contributed by atoms with Crippen molar-refractivity contribution in [2.75, 3.05) is 40.3 Å². The van der Waals surface area contributed by atoms with Crippen molar-refractivity contribution in [2.24, 2.45) is 10.4 Å². The molecule has 0 saturated carbocycles. The number of nitrogens with one attached hydrogen (secondary N) is 2. The molecule has 36 heavy (non-hydrogen) atoms. The van der Waals surface area contributed by atoms with E-state index in [1.807, 2.05) is 32.7 Å². The van der Waals surface area contributed by atoms with Crippen molar-refractivity contribution in [3.63, 3.8) is 0 Å². The Kier molecular flexibility index (Phi) is 8.84. The third kappa shape index (κ3) is 6.67. The Labute approximate surface area is 211 Å². The van der Waals surface area contributed by atoms with Gasteiger partial charge in [-0.15, -0.1) is 0 Å². The van der Waals surface area contributed by atoms with Crippen molar-refractivity contribution in [1.29, 1.82) is 0 Å². The van der Waals surface area contributed by atoms with Crippen LogP contribution in [0.4, 0.5) is 13.6 Å². The lowest BCUT2D eigenvalue weighted by Crippen LogP contribution is -2.58. The molecule has 0 unspecified atom stereocenters. The normalized spacial score (nSPS) is 20.8.